The van der Waals surface area contributed by atoms with Gasteiger partial charge in [0, 0.05) is 29.5 Å². The van der Waals surface area contributed by atoms with E-state index in [0.717, 1.165) is 5.56 Å². The third-order valence-electron chi connectivity index (χ3n) is 5.75. The largest absolute Gasteiger partial charge is 0.273 e. The van der Waals surface area contributed by atoms with E-state index in [0.29, 0.717) is 27.7 Å². The normalized spacial score (nSPS) is 18.1. The lowest BCUT2D eigenvalue weighted by atomic mass is 9.87. The van der Waals surface area contributed by atoms with Crippen molar-refractivity contribution in [2.75, 3.05) is 15.9 Å². The van der Waals surface area contributed by atoms with Crippen LogP contribution in [0.2, 0.25) is 5.02 Å². The highest BCUT2D eigenvalue weighted by molar-refractivity contribution is 7.92. The lowest BCUT2D eigenvalue weighted by molar-refractivity contribution is -0.119. The number of rotatable bonds is 3. The van der Waals surface area contributed by atoms with Gasteiger partial charge in [-0.15, -0.1) is 0 Å². The summed E-state index contributed by atoms with van der Waals surface area (Å²) in [6.07, 6.45) is 0.152. The van der Waals surface area contributed by atoms with Crippen LogP contribution in [0.5, 0.6) is 0 Å². The van der Waals surface area contributed by atoms with Gasteiger partial charge in [-0.2, -0.15) is 5.10 Å². The summed E-state index contributed by atoms with van der Waals surface area (Å²) in [5.41, 5.74) is 3.44. The van der Waals surface area contributed by atoms with Gasteiger partial charge in [0.2, 0.25) is 5.91 Å². The van der Waals surface area contributed by atoms with Crippen LogP contribution in [0.3, 0.4) is 0 Å². The molecular weight excluding hydrogens is 446 g/mol. The molecule has 0 saturated heterocycles. The Hall–Kier alpha value is -3.16. The van der Waals surface area contributed by atoms with Gasteiger partial charge >= 0.3 is 0 Å². The number of carbonyl (C=O) groups excluding carboxylic acids is 1. The summed E-state index contributed by atoms with van der Waals surface area (Å²) in [6.45, 7) is 2.04. The van der Waals surface area contributed by atoms with Gasteiger partial charge in [0.15, 0.2) is 0 Å². The molecule has 0 aromatic heterocycles. The number of sulfonamides is 1. The molecule has 0 N–H and O–H groups in total. The van der Waals surface area contributed by atoms with Crippen LogP contribution in [0.15, 0.2) is 82.8 Å². The summed E-state index contributed by atoms with van der Waals surface area (Å²) in [6, 6.07) is 21.0. The molecule has 2 aliphatic heterocycles. The maximum Gasteiger partial charge on any atom is 0.264 e. The Kier molecular flexibility index (Phi) is 5.03. The number of hydrogen-bond donors (Lipinski definition) is 0. The maximum atomic E-state index is 13.5. The molecule has 3 aromatic carbocycles. The number of benzene rings is 3. The monoisotopic (exact) mass is 465 g/mol. The van der Waals surface area contributed by atoms with Gasteiger partial charge in [0.05, 0.1) is 22.0 Å². The van der Waals surface area contributed by atoms with Crippen LogP contribution in [0.1, 0.15) is 17.5 Å². The van der Waals surface area contributed by atoms with Crippen LogP contribution >= 0.6 is 11.6 Å². The van der Waals surface area contributed by atoms with Crippen molar-refractivity contribution in [3.8, 4) is 0 Å². The van der Waals surface area contributed by atoms with Gasteiger partial charge in [0.25, 0.3) is 10.0 Å². The summed E-state index contributed by atoms with van der Waals surface area (Å²) >= 11 is 6.28. The number of anilines is 2. The second-order valence-electron chi connectivity index (χ2n) is 7.94. The summed E-state index contributed by atoms with van der Waals surface area (Å²) in [4.78, 5) is 13.1. The van der Waals surface area contributed by atoms with E-state index in [1.165, 1.54) is 9.31 Å². The van der Waals surface area contributed by atoms with E-state index in [-0.39, 0.29) is 29.7 Å². The third-order valence-corrected chi connectivity index (χ3v) is 7.78. The summed E-state index contributed by atoms with van der Waals surface area (Å²) in [5.74, 6) is -0.545. The fraction of sp³-hybridized carbons (Fsp3) is 0.167. The van der Waals surface area contributed by atoms with Crippen molar-refractivity contribution >= 4 is 44.6 Å². The molecule has 0 saturated carbocycles. The Morgan fingerprint density at radius 1 is 1.00 bits per heavy atom. The lowest BCUT2D eigenvalue weighted by Crippen LogP contribution is -2.48. The minimum absolute atomic E-state index is 0.137. The zero-order valence-electron chi connectivity index (χ0n) is 17.3. The van der Waals surface area contributed by atoms with Crippen molar-refractivity contribution in [3.05, 3.63) is 88.9 Å². The minimum Gasteiger partial charge on any atom is -0.273 e. The first-order valence-electron chi connectivity index (χ1n) is 10.2. The molecule has 1 atom stereocenters. The van der Waals surface area contributed by atoms with Crippen molar-refractivity contribution < 1.29 is 13.2 Å². The fourth-order valence-electron chi connectivity index (χ4n) is 4.13. The Balaban J connectivity index is 1.64. The van der Waals surface area contributed by atoms with E-state index in [9.17, 15) is 13.2 Å². The Morgan fingerprint density at radius 2 is 1.72 bits per heavy atom. The van der Waals surface area contributed by atoms with Crippen molar-refractivity contribution in [1.29, 1.82) is 0 Å². The van der Waals surface area contributed by atoms with E-state index in [1.54, 1.807) is 42.5 Å². The van der Waals surface area contributed by atoms with Crippen molar-refractivity contribution in [1.82, 2.24) is 0 Å². The summed E-state index contributed by atoms with van der Waals surface area (Å²) < 4.78 is 28.5. The van der Waals surface area contributed by atoms with E-state index in [1.807, 2.05) is 37.3 Å². The Labute approximate surface area is 191 Å². The number of hydrogen-bond acceptors (Lipinski definition) is 4. The maximum absolute atomic E-state index is 13.5. The van der Waals surface area contributed by atoms with Gasteiger partial charge < -0.3 is 0 Å². The highest BCUT2D eigenvalue weighted by Crippen LogP contribution is 2.39. The SMILES string of the molecule is Cc1ccc(S(=O)(=O)N2CC3CC(=O)N(c4ccccc4)N=C3c3cc(Cl)ccc32)cc1. The van der Waals surface area contributed by atoms with Crippen molar-refractivity contribution in [3.63, 3.8) is 0 Å². The van der Waals surface area contributed by atoms with Gasteiger partial charge in [-0.1, -0.05) is 47.5 Å². The lowest BCUT2D eigenvalue weighted by Gasteiger charge is -2.39. The number of carbonyl (C=O) groups is 1. The molecule has 8 heteroatoms. The predicted octanol–water partition coefficient (Wildman–Crippen LogP) is 4.61. The zero-order chi connectivity index (χ0) is 22.5. The molecule has 0 bridgehead atoms. The van der Waals surface area contributed by atoms with E-state index in [2.05, 4.69) is 5.10 Å². The quantitative estimate of drug-likeness (QED) is 0.567. The van der Waals surface area contributed by atoms with Crippen LogP contribution < -0.4 is 9.31 Å². The van der Waals surface area contributed by atoms with Crippen LogP contribution in [0.25, 0.3) is 0 Å². The molecule has 3 aromatic rings. The first kappa shape index (κ1) is 20.7. The molecule has 1 unspecified atom stereocenters. The molecule has 0 fully saturated rings. The second kappa shape index (κ2) is 7.76. The van der Waals surface area contributed by atoms with Crippen LogP contribution in [-0.4, -0.2) is 26.6 Å². The van der Waals surface area contributed by atoms with E-state index >= 15 is 0 Å². The number of fused-ring (bicyclic) bond motifs is 3. The molecule has 162 valence electrons. The van der Waals surface area contributed by atoms with Crippen LogP contribution in [0, 0.1) is 12.8 Å². The number of para-hydroxylation sites is 1. The molecular formula is C24H20ClN3O3S. The first-order valence-corrected chi connectivity index (χ1v) is 12.0. The van der Waals surface area contributed by atoms with Crippen LogP contribution in [0.4, 0.5) is 11.4 Å². The molecule has 2 aliphatic rings. The molecule has 6 nitrogen and oxygen atoms in total. The first-order chi connectivity index (χ1) is 15.3. The highest BCUT2D eigenvalue weighted by Gasteiger charge is 2.41. The van der Waals surface area contributed by atoms with Crippen LogP contribution in [-0.2, 0) is 14.8 Å². The van der Waals surface area contributed by atoms with Crippen molar-refractivity contribution in [2.45, 2.75) is 18.2 Å². The fourth-order valence-corrected chi connectivity index (χ4v) is 5.83. The van der Waals surface area contributed by atoms with Gasteiger partial charge in [-0.05, 0) is 49.4 Å². The molecule has 0 aliphatic carbocycles. The Bertz CT molecular complexity index is 1340. The molecule has 0 radical (unpaired) electrons. The average Bonchev–Trinajstić information content (AvgIpc) is 2.79. The van der Waals surface area contributed by atoms with Gasteiger partial charge in [-0.3, -0.25) is 9.10 Å². The number of nitrogens with zero attached hydrogens (tertiary/aromatic N) is 3. The smallest absolute Gasteiger partial charge is 0.264 e. The van der Waals surface area contributed by atoms with Gasteiger partial charge in [0.1, 0.15) is 0 Å². The average molecular weight is 466 g/mol. The van der Waals surface area contributed by atoms with Crippen molar-refractivity contribution in [2.24, 2.45) is 11.0 Å². The number of halogens is 1. The third kappa shape index (κ3) is 3.47. The van der Waals surface area contributed by atoms with E-state index < -0.39 is 10.0 Å². The number of hydrazone groups is 1. The van der Waals surface area contributed by atoms with E-state index in [4.69, 9.17) is 11.6 Å². The molecule has 0 spiro atoms. The number of amides is 1. The molecule has 1 amide bonds. The van der Waals surface area contributed by atoms with Gasteiger partial charge in [-0.25, -0.2) is 13.4 Å². The second-order valence-corrected chi connectivity index (χ2v) is 10.2. The zero-order valence-corrected chi connectivity index (χ0v) is 18.8. The number of aryl methyl sites for hydroxylation is 1. The topological polar surface area (TPSA) is 70.1 Å². The summed E-state index contributed by atoms with van der Waals surface area (Å²) in [5, 5.41) is 6.52. The molecule has 2 heterocycles. The predicted molar refractivity (Wildman–Crippen MR) is 126 cm³/mol. The molecule has 5 rings (SSSR count). The highest BCUT2D eigenvalue weighted by atomic mass is 35.5. The summed E-state index contributed by atoms with van der Waals surface area (Å²) in [7, 11) is -3.83. The minimum atomic E-state index is -3.83. The standard InChI is InChI=1S/C24H20ClN3O3S/c1-16-7-10-20(11-8-16)32(30,31)27-15-17-13-23(29)28(19-5-3-2-4-6-19)26-24(17)21-14-18(25)9-12-22(21)27/h2-12,14,17H,13,15H2,1H3. The Morgan fingerprint density at radius 3 is 2.44 bits per heavy atom. The molecule has 32 heavy (non-hydrogen) atoms.